The van der Waals surface area contributed by atoms with Gasteiger partial charge in [0.2, 0.25) is 5.91 Å². The first kappa shape index (κ1) is 18.4. The summed E-state index contributed by atoms with van der Waals surface area (Å²) in [6.45, 7) is 1.30. The van der Waals surface area contributed by atoms with Gasteiger partial charge in [0.05, 0.1) is 5.41 Å². The van der Waals surface area contributed by atoms with Crippen molar-refractivity contribution in [3.05, 3.63) is 89.8 Å². The predicted molar refractivity (Wildman–Crippen MR) is 106 cm³/mol. The van der Waals surface area contributed by atoms with Gasteiger partial charge in [0.1, 0.15) is 11.6 Å². The first-order valence-electron chi connectivity index (χ1n) is 9.76. The average Bonchev–Trinajstić information content (AvgIpc) is 3.10. The Morgan fingerprint density at radius 3 is 2.54 bits per heavy atom. The molecule has 3 aromatic rings. The summed E-state index contributed by atoms with van der Waals surface area (Å²) >= 11 is 0. The smallest absolute Gasteiger partial charge is 0.230 e. The number of hydrogen-bond donors (Lipinski definition) is 1. The van der Waals surface area contributed by atoms with Crippen molar-refractivity contribution < 1.29 is 9.18 Å². The molecule has 1 N–H and O–H groups in total. The number of halogens is 1. The normalized spacial score (nSPS) is 15.0. The number of carbonyl (C=O) groups excluding carboxylic acids is 1. The van der Waals surface area contributed by atoms with Crippen LogP contribution < -0.4 is 5.32 Å². The van der Waals surface area contributed by atoms with Crippen molar-refractivity contribution in [3.8, 4) is 0 Å². The molecule has 2 aromatic carbocycles. The Bertz CT molecular complexity index is 930. The maximum Gasteiger partial charge on any atom is 0.230 e. The van der Waals surface area contributed by atoms with Crippen LogP contribution >= 0.6 is 0 Å². The molecular weight excluding hydrogens is 353 g/mol. The minimum atomic E-state index is -0.507. The standard InChI is InChI=1S/C23H24FN3O/c24-20-9-7-19(8-10-20)23(12-4-13-23)22(28)26-14-11-21-25-15-16-27(21)17-18-5-2-1-3-6-18/h1-3,5-10,15-16H,4,11-14,17H2,(H,26,28). The molecule has 0 aliphatic heterocycles. The maximum absolute atomic E-state index is 13.2. The molecule has 0 unspecified atom stereocenters. The second kappa shape index (κ2) is 7.97. The van der Waals surface area contributed by atoms with E-state index in [1.54, 1.807) is 18.3 Å². The van der Waals surface area contributed by atoms with Gasteiger partial charge in [0.15, 0.2) is 0 Å². The summed E-state index contributed by atoms with van der Waals surface area (Å²) in [6.07, 6.45) is 7.08. The molecule has 5 heteroatoms. The number of carbonyl (C=O) groups is 1. The van der Waals surface area contributed by atoms with Gasteiger partial charge in [-0.3, -0.25) is 4.79 Å². The summed E-state index contributed by atoms with van der Waals surface area (Å²) in [7, 11) is 0. The largest absolute Gasteiger partial charge is 0.355 e. The number of aromatic nitrogens is 2. The lowest BCUT2D eigenvalue weighted by Crippen LogP contribution is -2.49. The Morgan fingerprint density at radius 2 is 1.86 bits per heavy atom. The summed E-state index contributed by atoms with van der Waals surface area (Å²) in [5.41, 5.74) is 1.62. The van der Waals surface area contributed by atoms with Crippen molar-refractivity contribution >= 4 is 5.91 Å². The van der Waals surface area contributed by atoms with Crippen molar-refractivity contribution in [1.82, 2.24) is 14.9 Å². The number of amides is 1. The van der Waals surface area contributed by atoms with Crippen molar-refractivity contribution in [2.24, 2.45) is 0 Å². The molecule has 1 aliphatic carbocycles. The molecular formula is C23H24FN3O. The Labute approximate surface area is 164 Å². The average molecular weight is 377 g/mol. The summed E-state index contributed by atoms with van der Waals surface area (Å²) < 4.78 is 15.4. The van der Waals surface area contributed by atoms with Gasteiger partial charge in [0.25, 0.3) is 0 Å². The van der Waals surface area contributed by atoms with E-state index in [1.807, 2.05) is 24.4 Å². The van der Waals surface area contributed by atoms with E-state index in [9.17, 15) is 9.18 Å². The zero-order valence-corrected chi connectivity index (χ0v) is 15.8. The van der Waals surface area contributed by atoms with Gasteiger partial charge in [-0.25, -0.2) is 9.37 Å². The molecule has 1 amide bonds. The van der Waals surface area contributed by atoms with Crippen LogP contribution in [0.4, 0.5) is 4.39 Å². The van der Waals surface area contributed by atoms with E-state index in [0.717, 1.165) is 37.2 Å². The minimum Gasteiger partial charge on any atom is -0.355 e. The predicted octanol–water partition coefficient (Wildman–Crippen LogP) is 3.85. The molecule has 0 saturated heterocycles. The SMILES string of the molecule is O=C(NCCc1nccn1Cc1ccccc1)C1(c2ccc(F)cc2)CCC1. The van der Waals surface area contributed by atoms with E-state index in [1.165, 1.54) is 17.7 Å². The third-order valence-corrected chi connectivity index (χ3v) is 5.67. The Kier molecular flexibility index (Phi) is 5.24. The first-order valence-corrected chi connectivity index (χ1v) is 9.76. The molecule has 1 aliphatic rings. The molecule has 1 fully saturated rings. The van der Waals surface area contributed by atoms with Crippen LogP contribution in [0.2, 0.25) is 0 Å². The molecule has 0 bridgehead atoms. The van der Waals surface area contributed by atoms with Crippen molar-refractivity contribution in [2.75, 3.05) is 6.54 Å². The Morgan fingerprint density at radius 1 is 1.11 bits per heavy atom. The van der Waals surface area contributed by atoms with Gasteiger partial charge in [-0.2, -0.15) is 0 Å². The molecule has 144 valence electrons. The van der Waals surface area contributed by atoms with Crippen LogP contribution in [0, 0.1) is 5.82 Å². The van der Waals surface area contributed by atoms with E-state index in [4.69, 9.17) is 0 Å². The maximum atomic E-state index is 13.2. The third kappa shape index (κ3) is 3.70. The fourth-order valence-electron chi connectivity index (χ4n) is 3.90. The lowest BCUT2D eigenvalue weighted by molar-refractivity contribution is -0.129. The highest BCUT2D eigenvalue weighted by Crippen LogP contribution is 2.43. The summed E-state index contributed by atoms with van der Waals surface area (Å²) in [6, 6.07) is 16.6. The highest BCUT2D eigenvalue weighted by molar-refractivity contribution is 5.89. The van der Waals surface area contributed by atoms with Crippen LogP contribution in [0.15, 0.2) is 67.0 Å². The van der Waals surface area contributed by atoms with Crippen molar-refractivity contribution in [2.45, 2.75) is 37.6 Å². The minimum absolute atomic E-state index is 0.0338. The molecule has 1 heterocycles. The molecule has 1 aromatic heterocycles. The van der Waals surface area contributed by atoms with E-state index >= 15 is 0 Å². The number of benzene rings is 2. The zero-order valence-electron chi connectivity index (χ0n) is 15.8. The van der Waals surface area contributed by atoms with Crippen LogP contribution in [-0.4, -0.2) is 22.0 Å². The molecule has 1 saturated carbocycles. The van der Waals surface area contributed by atoms with Crippen LogP contribution in [0.1, 0.15) is 36.2 Å². The summed E-state index contributed by atoms with van der Waals surface area (Å²) in [5, 5.41) is 3.08. The number of rotatable bonds is 7. The Balaban J connectivity index is 1.37. The van der Waals surface area contributed by atoms with Gasteiger partial charge in [-0.15, -0.1) is 0 Å². The first-order chi connectivity index (χ1) is 13.7. The van der Waals surface area contributed by atoms with Crippen LogP contribution in [0.3, 0.4) is 0 Å². The highest BCUT2D eigenvalue weighted by Gasteiger charge is 2.45. The third-order valence-electron chi connectivity index (χ3n) is 5.67. The molecule has 4 rings (SSSR count). The number of hydrogen-bond acceptors (Lipinski definition) is 2. The lowest BCUT2D eigenvalue weighted by Gasteiger charge is -2.40. The van der Waals surface area contributed by atoms with Gasteiger partial charge in [0, 0.05) is 31.9 Å². The molecule has 0 atom stereocenters. The summed E-state index contributed by atoms with van der Waals surface area (Å²) in [5.74, 6) is 0.712. The fourth-order valence-corrected chi connectivity index (χ4v) is 3.90. The van der Waals surface area contributed by atoms with E-state index in [-0.39, 0.29) is 11.7 Å². The molecule has 0 spiro atoms. The van der Waals surface area contributed by atoms with Gasteiger partial charge >= 0.3 is 0 Å². The van der Waals surface area contributed by atoms with E-state index in [0.29, 0.717) is 13.0 Å². The topological polar surface area (TPSA) is 46.9 Å². The fraction of sp³-hybridized carbons (Fsp3) is 0.304. The number of nitrogens with one attached hydrogen (secondary N) is 1. The number of imidazole rings is 1. The van der Waals surface area contributed by atoms with Crippen molar-refractivity contribution in [1.29, 1.82) is 0 Å². The van der Waals surface area contributed by atoms with Crippen LogP contribution in [0.25, 0.3) is 0 Å². The Hall–Kier alpha value is -2.95. The van der Waals surface area contributed by atoms with Gasteiger partial charge < -0.3 is 9.88 Å². The summed E-state index contributed by atoms with van der Waals surface area (Å²) in [4.78, 5) is 17.3. The second-order valence-electron chi connectivity index (χ2n) is 7.41. The van der Waals surface area contributed by atoms with Gasteiger partial charge in [-0.05, 0) is 36.1 Å². The van der Waals surface area contributed by atoms with Gasteiger partial charge in [-0.1, -0.05) is 48.9 Å². The van der Waals surface area contributed by atoms with Crippen molar-refractivity contribution in [3.63, 3.8) is 0 Å². The van der Waals surface area contributed by atoms with Crippen LogP contribution in [0.5, 0.6) is 0 Å². The highest BCUT2D eigenvalue weighted by atomic mass is 19.1. The quantitative estimate of drug-likeness (QED) is 0.680. The van der Waals surface area contributed by atoms with E-state index in [2.05, 4.69) is 27.0 Å². The molecule has 28 heavy (non-hydrogen) atoms. The number of nitrogens with zero attached hydrogens (tertiary/aromatic N) is 2. The monoisotopic (exact) mass is 377 g/mol. The lowest BCUT2D eigenvalue weighted by atomic mass is 9.64. The molecule has 4 nitrogen and oxygen atoms in total. The zero-order chi connectivity index (χ0) is 19.4. The van der Waals surface area contributed by atoms with Crippen LogP contribution in [-0.2, 0) is 23.2 Å². The van der Waals surface area contributed by atoms with E-state index < -0.39 is 5.41 Å². The molecule has 0 radical (unpaired) electrons. The second-order valence-corrected chi connectivity index (χ2v) is 7.41.